The van der Waals surface area contributed by atoms with Crippen molar-refractivity contribution in [3.8, 4) is 0 Å². The third kappa shape index (κ3) is 6.37. The summed E-state index contributed by atoms with van der Waals surface area (Å²) in [6.07, 6.45) is 7.88. The van der Waals surface area contributed by atoms with Gasteiger partial charge in [0.25, 0.3) is 0 Å². The van der Waals surface area contributed by atoms with E-state index in [0.29, 0.717) is 26.1 Å². The lowest BCUT2D eigenvalue weighted by Crippen LogP contribution is -2.43. The number of unbranched alkanes of at least 4 members (excludes halogenated alkanes) is 5. The molecule has 1 amide bonds. The van der Waals surface area contributed by atoms with Gasteiger partial charge in [-0.3, -0.25) is 4.79 Å². The molecule has 2 N–H and O–H groups in total. The molecule has 1 saturated heterocycles. The fourth-order valence-corrected chi connectivity index (χ4v) is 2.42. The lowest BCUT2D eigenvalue weighted by atomic mass is 10.0. The van der Waals surface area contributed by atoms with Crippen LogP contribution >= 0.6 is 0 Å². The van der Waals surface area contributed by atoms with Crippen molar-refractivity contribution in [2.24, 2.45) is 5.92 Å². The first-order valence-corrected chi connectivity index (χ1v) is 7.76. The summed E-state index contributed by atoms with van der Waals surface area (Å²) in [5.41, 5.74) is 0. The van der Waals surface area contributed by atoms with Crippen LogP contribution in [-0.2, 0) is 14.3 Å². The molecule has 0 unspecified atom stereocenters. The number of nitrogens with one attached hydrogen (secondary N) is 1. The van der Waals surface area contributed by atoms with Gasteiger partial charge in [-0.05, 0) is 12.8 Å². The molecule has 0 radical (unpaired) electrons. The highest BCUT2D eigenvalue weighted by molar-refractivity contribution is 5.85. The molecule has 1 heterocycles. The molecule has 0 aliphatic carbocycles. The highest BCUT2D eigenvalue weighted by atomic mass is 16.5. The fourth-order valence-electron chi connectivity index (χ4n) is 2.42. The van der Waals surface area contributed by atoms with Crippen molar-refractivity contribution in [1.82, 2.24) is 5.32 Å². The van der Waals surface area contributed by atoms with Crippen LogP contribution in [-0.4, -0.2) is 36.2 Å². The van der Waals surface area contributed by atoms with E-state index in [4.69, 9.17) is 9.84 Å². The van der Waals surface area contributed by atoms with Crippen molar-refractivity contribution in [3.05, 3.63) is 0 Å². The Hall–Kier alpha value is -1.10. The van der Waals surface area contributed by atoms with Gasteiger partial charge >= 0.3 is 5.97 Å². The minimum absolute atomic E-state index is 0.179. The van der Waals surface area contributed by atoms with Crippen LogP contribution in [0.5, 0.6) is 0 Å². The summed E-state index contributed by atoms with van der Waals surface area (Å²) >= 11 is 0. The number of carbonyl (C=O) groups is 2. The molecule has 1 rings (SSSR count). The van der Waals surface area contributed by atoms with E-state index in [2.05, 4.69) is 12.2 Å². The highest BCUT2D eigenvalue weighted by Gasteiger charge is 2.27. The standard InChI is InChI=1S/C15H27NO4/c1-2-3-4-5-6-7-8-13(15(18)19)16-14(17)12-9-10-20-11-12/h12-13H,2-11H2,1H3,(H,16,17)(H,18,19)/t12-,13-/m1/s1. The van der Waals surface area contributed by atoms with Crippen LogP contribution in [0.3, 0.4) is 0 Å². The fraction of sp³-hybridized carbons (Fsp3) is 0.867. The largest absolute Gasteiger partial charge is 0.480 e. The quantitative estimate of drug-likeness (QED) is 0.604. The van der Waals surface area contributed by atoms with Gasteiger partial charge in [-0.15, -0.1) is 0 Å². The number of hydrogen-bond acceptors (Lipinski definition) is 3. The maximum absolute atomic E-state index is 11.9. The Morgan fingerprint density at radius 1 is 1.25 bits per heavy atom. The van der Waals surface area contributed by atoms with Gasteiger partial charge in [0.1, 0.15) is 6.04 Å². The average molecular weight is 285 g/mol. The molecular formula is C15H27NO4. The van der Waals surface area contributed by atoms with Crippen molar-refractivity contribution in [3.63, 3.8) is 0 Å². The molecule has 0 aromatic rings. The number of aliphatic carboxylic acids is 1. The summed E-state index contributed by atoms with van der Waals surface area (Å²) in [4.78, 5) is 23.0. The van der Waals surface area contributed by atoms with E-state index in [1.54, 1.807) is 0 Å². The van der Waals surface area contributed by atoms with Crippen LogP contribution in [0.4, 0.5) is 0 Å². The van der Waals surface area contributed by atoms with E-state index in [-0.39, 0.29) is 11.8 Å². The Bertz CT molecular complexity index is 300. The van der Waals surface area contributed by atoms with Gasteiger partial charge in [-0.2, -0.15) is 0 Å². The van der Waals surface area contributed by atoms with Gasteiger partial charge in [0.15, 0.2) is 0 Å². The molecule has 20 heavy (non-hydrogen) atoms. The van der Waals surface area contributed by atoms with E-state index in [1.165, 1.54) is 19.3 Å². The van der Waals surface area contributed by atoms with E-state index in [9.17, 15) is 9.59 Å². The van der Waals surface area contributed by atoms with Crippen LogP contribution in [0.2, 0.25) is 0 Å². The van der Waals surface area contributed by atoms with Crippen LogP contribution in [0.1, 0.15) is 58.3 Å². The molecule has 2 atom stereocenters. The van der Waals surface area contributed by atoms with Crippen molar-refractivity contribution >= 4 is 11.9 Å². The van der Waals surface area contributed by atoms with E-state index >= 15 is 0 Å². The molecule has 116 valence electrons. The summed E-state index contributed by atoms with van der Waals surface area (Å²) < 4.78 is 5.15. The van der Waals surface area contributed by atoms with Gasteiger partial charge in [-0.1, -0.05) is 45.4 Å². The second kappa shape index (κ2) is 9.75. The van der Waals surface area contributed by atoms with Crippen molar-refractivity contribution in [2.45, 2.75) is 64.3 Å². The predicted molar refractivity (Wildman–Crippen MR) is 76.5 cm³/mol. The van der Waals surface area contributed by atoms with E-state index in [0.717, 1.165) is 19.3 Å². The number of ether oxygens (including phenoxy) is 1. The summed E-state index contributed by atoms with van der Waals surface area (Å²) in [7, 11) is 0. The number of carboxylic acids is 1. The van der Waals surface area contributed by atoms with Crippen molar-refractivity contribution < 1.29 is 19.4 Å². The topological polar surface area (TPSA) is 75.6 Å². The second-order valence-electron chi connectivity index (χ2n) is 5.52. The number of carbonyl (C=O) groups excluding carboxylic acids is 1. The number of amides is 1. The van der Waals surface area contributed by atoms with Gasteiger partial charge in [0.2, 0.25) is 5.91 Å². The van der Waals surface area contributed by atoms with E-state index < -0.39 is 12.0 Å². The maximum Gasteiger partial charge on any atom is 0.326 e. The summed E-state index contributed by atoms with van der Waals surface area (Å²) in [5, 5.41) is 11.8. The van der Waals surface area contributed by atoms with Gasteiger partial charge in [0.05, 0.1) is 12.5 Å². The first kappa shape index (κ1) is 17.0. The molecule has 1 aliphatic heterocycles. The summed E-state index contributed by atoms with van der Waals surface area (Å²) in [6, 6.07) is -0.755. The second-order valence-corrected chi connectivity index (χ2v) is 5.52. The molecule has 0 saturated carbocycles. The SMILES string of the molecule is CCCCCCCC[C@@H](NC(=O)[C@@H]1CCOC1)C(=O)O. The van der Waals surface area contributed by atoms with Gasteiger partial charge < -0.3 is 15.2 Å². The third-order valence-electron chi connectivity index (χ3n) is 3.76. The summed E-state index contributed by atoms with van der Waals surface area (Å²) in [5.74, 6) is -1.30. The number of rotatable bonds is 10. The summed E-state index contributed by atoms with van der Waals surface area (Å²) in [6.45, 7) is 3.17. The van der Waals surface area contributed by atoms with Gasteiger partial charge in [0, 0.05) is 6.61 Å². The van der Waals surface area contributed by atoms with Crippen LogP contribution in [0, 0.1) is 5.92 Å². The zero-order valence-electron chi connectivity index (χ0n) is 12.4. The predicted octanol–water partition coefficient (Wildman–Crippen LogP) is 2.34. The first-order valence-electron chi connectivity index (χ1n) is 7.76. The normalized spacial score (nSPS) is 19.8. The Balaban J connectivity index is 2.22. The molecule has 5 heteroatoms. The maximum atomic E-state index is 11.9. The lowest BCUT2D eigenvalue weighted by molar-refractivity contribution is -0.142. The Morgan fingerprint density at radius 3 is 2.55 bits per heavy atom. The minimum Gasteiger partial charge on any atom is -0.480 e. The molecule has 5 nitrogen and oxygen atoms in total. The third-order valence-corrected chi connectivity index (χ3v) is 3.76. The molecule has 1 aliphatic rings. The van der Waals surface area contributed by atoms with Crippen LogP contribution in [0.15, 0.2) is 0 Å². The van der Waals surface area contributed by atoms with Crippen LogP contribution in [0.25, 0.3) is 0 Å². The number of carboxylic acid groups (broad SMARTS) is 1. The van der Waals surface area contributed by atoms with Crippen molar-refractivity contribution in [2.75, 3.05) is 13.2 Å². The number of hydrogen-bond donors (Lipinski definition) is 2. The Morgan fingerprint density at radius 2 is 1.95 bits per heavy atom. The molecule has 0 bridgehead atoms. The Labute approximate surface area is 121 Å². The molecule has 0 aromatic carbocycles. The molecule has 0 spiro atoms. The molecule has 0 aromatic heterocycles. The zero-order valence-corrected chi connectivity index (χ0v) is 12.4. The highest BCUT2D eigenvalue weighted by Crippen LogP contribution is 2.14. The lowest BCUT2D eigenvalue weighted by Gasteiger charge is -2.16. The average Bonchev–Trinajstić information content (AvgIpc) is 2.95. The van der Waals surface area contributed by atoms with E-state index in [1.807, 2.05) is 0 Å². The van der Waals surface area contributed by atoms with Crippen LogP contribution < -0.4 is 5.32 Å². The monoisotopic (exact) mass is 285 g/mol. The zero-order chi connectivity index (χ0) is 14.8. The molecule has 1 fully saturated rings. The minimum atomic E-state index is -0.939. The van der Waals surface area contributed by atoms with Crippen molar-refractivity contribution in [1.29, 1.82) is 0 Å². The Kier molecular flexibility index (Phi) is 8.26. The molecular weight excluding hydrogens is 258 g/mol. The van der Waals surface area contributed by atoms with Gasteiger partial charge in [-0.25, -0.2) is 4.79 Å². The first-order chi connectivity index (χ1) is 9.65. The smallest absolute Gasteiger partial charge is 0.326 e.